The van der Waals surface area contributed by atoms with Gasteiger partial charge in [-0.05, 0) is 26.1 Å². The average Bonchev–Trinajstić information content (AvgIpc) is 2.81. The topological polar surface area (TPSA) is 30.9 Å². The first-order valence-corrected chi connectivity index (χ1v) is 8.39. The van der Waals surface area contributed by atoms with Crippen molar-refractivity contribution in [2.75, 3.05) is 40.3 Å². The second-order valence-corrected chi connectivity index (χ2v) is 6.95. The molecule has 0 aliphatic heterocycles. The number of nitrogens with zero attached hydrogens (tertiary/aromatic N) is 3. The van der Waals surface area contributed by atoms with E-state index < -0.39 is 12.7 Å². The van der Waals surface area contributed by atoms with Gasteiger partial charge in [0.1, 0.15) is 0 Å². The Bertz CT molecular complexity index is 510. The van der Waals surface area contributed by atoms with Gasteiger partial charge in [-0.2, -0.15) is 13.2 Å². The molecule has 0 aliphatic carbocycles. The van der Waals surface area contributed by atoms with Crippen LogP contribution in [0.15, 0.2) is 17.1 Å². The van der Waals surface area contributed by atoms with Gasteiger partial charge < -0.3 is 10.2 Å². The second-order valence-electron chi connectivity index (χ2n) is 5.15. The van der Waals surface area contributed by atoms with Crippen molar-refractivity contribution in [1.29, 1.82) is 0 Å². The van der Waals surface area contributed by atoms with Crippen LogP contribution in [0.3, 0.4) is 0 Å². The Labute approximate surface area is 167 Å². The zero-order valence-electron chi connectivity index (χ0n) is 13.9. The van der Waals surface area contributed by atoms with Crippen molar-refractivity contribution in [3.05, 3.63) is 21.3 Å². The van der Waals surface area contributed by atoms with Crippen LogP contribution in [0.25, 0.3) is 0 Å². The van der Waals surface area contributed by atoms with Gasteiger partial charge in [-0.15, -0.1) is 35.3 Å². The van der Waals surface area contributed by atoms with E-state index in [1.165, 1.54) is 23.3 Å². The first kappa shape index (κ1) is 23.7. The smallest absolute Gasteiger partial charge is 0.357 e. The summed E-state index contributed by atoms with van der Waals surface area (Å²) in [7, 11) is 3.32. The first-order valence-electron chi connectivity index (χ1n) is 7.20. The standard InChI is InChI=1S/C14H22ClF3N4S.HI/c1-4-19-13(20-7-8-21(2)10-14(16,17)18)22(3)9-11-5-6-12(15)23-11;/h5-6H,4,7-10H2,1-3H3,(H,19,20);1H. The van der Waals surface area contributed by atoms with Gasteiger partial charge in [0.2, 0.25) is 0 Å². The third-order valence-electron chi connectivity index (χ3n) is 2.91. The van der Waals surface area contributed by atoms with E-state index in [2.05, 4.69) is 10.3 Å². The second kappa shape index (κ2) is 11.4. The van der Waals surface area contributed by atoms with E-state index in [9.17, 15) is 13.2 Å². The average molecular weight is 499 g/mol. The fraction of sp³-hybridized carbons (Fsp3) is 0.643. The summed E-state index contributed by atoms with van der Waals surface area (Å²) in [6.07, 6.45) is -4.18. The van der Waals surface area contributed by atoms with E-state index >= 15 is 0 Å². The minimum Gasteiger partial charge on any atom is -0.357 e. The van der Waals surface area contributed by atoms with Crippen LogP contribution >= 0.6 is 46.9 Å². The Hall–Kier alpha value is -0.260. The number of guanidine groups is 1. The molecule has 0 saturated carbocycles. The maximum Gasteiger partial charge on any atom is 0.401 e. The molecule has 0 bridgehead atoms. The predicted octanol–water partition coefficient (Wildman–Crippen LogP) is 3.91. The molecule has 0 atom stereocenters. The van der Waals surface area contributed by atoms with E-state index in [0.717, 1.165) is 9.21 Å². The number of nitrogens with one attached hydrogen (secondary N) is 1. The highest BCUT2D eigenvalue weighted by molar-refractivity contribution is 14.0. The van der Waals surface area contributed by atoms with Gasteiger partial charge in [0.15, 0.2) is 5.96 Å². The Morgan fingerprint density at radius 1 is 1.33 bits per heavy atom. The predicted molar refractivity (Wildman–Crippen MR) is 106 cm³/mol. The van der Waals surface area contributed by atoms with Gasteiger partial charge in [0, 0.05) is 25.0 Å². The number of likely N-dealkylation sites (N-methyl/N-ethyl adjacent to an activating group) is 1. The largest absolute Gasteiger partial charge is 0.401 e. The molecule has 140 valence electrons. The fourth-order valence-corrected chi connectivity index (χ4v) is 3.07. The van der Waals surface area contributed by atoms with Crippen molar-refractivity contribution in [2.24, 2.45) is 4.99 Å². The molecule has 0 spiro atoms. The maximum atomic E-state index is 12.3. The molecule has 0 unspecified atom stereocenters. The Morgan fingerprint density at radius 3 is 2.50 bits per heavy atom. The molecule has 1 aromatic heterocycles. The summed E-state index contributed by atoms with van der Waals surface area (Å²) in [5.41, 5.74) is 0. The van der Waals surface area contributed by atoms with Crippen molar-refractivity contribution in [1.82, 2.24) is 15.1 Å². The van der Waals surface area contributed by atoms with Gasteiger partial charge in [-0.3, -0.25) is 9.89 Å². The molecule has 10 heteroatoms. The summed E-state index contributed by atoms with van der Waals surface area (Å²) in [5, 5.41) is 3.14. The molecule has 1 rings (SSSR count). The van der Waals surface area contributed by atoms with E-state index in [4.69, 9.17) is 11.6 Å². The molecule has 0 fully saturated rings. The van der Waals surface area contributed by atoms with E-state index in [0.29, 0.717) is 25.6 Å². The Kier molecular flexibility index (Phi) is 11.3. The fourth-order valence-electron chi connectivity index (χ4n) is 1.93. The molecular formula is C14H23ClF3IN4S. The number of aliphatic imine (C=N–C) groups is 1. The van der Waals surface area contributed by atoms with E-state index in [1.54, 1.807) is 0 Å². The molecule has 0 aromatic carbocycles. The molecule has 4 nitrogen and oxygen atoms in total. The Morgan fingerprint density at radius 2 is 2.00 bits per heavy atom. The maximum absolute atomic E-state index is 12.3. The number of rotatable bonds is 7. The van der Waals surface area contributed by atoms with Gasteiger partial charge >= 0.3 is 6.18 Å². The van der Waals surface area contributed by atoms with E-state index in [1.807, 2.05) is 31.0 Å². The lowest BCUT2D eigenvalue weighted by Crippen LogP contribution is -2.39. The van der Waals surface area contributed by atoms with Crippen LogP contribution in [0.2, 0.25) is 4.34 Å². The molecule has 1 N–H and O–H groups in total. The number of halogens is 5. The lowest BCUT2D eigenvalue weighted by Gasteiger charge is -2.22. The quantitative estimate of drug-likeness (QED) is 0.351. The molecule has 0 saturated heterocycles. The van der Waals surface area contributed by atoms with Crippen LogP contribution in [0.4, 0.5) is 13.2 Å². The highest BCUT2D eigenvalue weighted by atomic mass is 127. The zero-order chi connectivity index (χ0) is 17.5. The third-order valence-corrected chi connectivity index (χ3v) is 4.13. The summed E-state index contributed by atoms with van der Waals surface area (Å²) in [6, 6.07) is 3.79. The van der Waals surface area contributed by atoms with Gasteiger partial charge in [-0.25, -0.2) is 0 Å². The summed E-state index contributed by atoms with van der Waals surface area (Å²) in [5.74, 6) is 0.664. The molecule has 1 aromatic rings. The molecule has 0 amide bonds. The van der Waals surface area contributed by atoms with E-state index in [-0.39, 0.29) is 30.5 Å². The number of hydrogen-bond donors (Lipinski definition) is 1. The number of hydrogen-bond acceptors (Lipinski definition) is 3. The molecule has 0 aliphatic rings. The lowest BCUT2D eigenvalue weighted by molar-refractivity contribution is -0.142. The number of alkyl halides is 3. The van der Waals surface area contributed by atoms with Crippen molar-refractivity contribution in [3.8, 4) is 0 Å². The van der Waals surface area contributed by atoms with Gasteiger partial charge in [-0.1, -0.05) is 11.6 Å². The van der Waals surface area contributed by atoms with Crippen LogP contribution in [-0.2, 0) is 6.54 Å². The molecular weight excluding hydrogens is 476 g/mol. The monoisotopic (exact) mass is 498 g/mol. The Balaban J connectivity index is 0.00000529. The zero-order valence-corrected chi connectivity index (χ0v) is 17.8. The molecule has 1 heterocycles. The lowest BCUT2D eigenvalue weighted by atomic mass is 10.4. The van der Waals surface area contributed by atoms with Crippen molar-refractivity contribution < 1.29 is 13.2 Å². The van der Waals surface area contributed by atoms with Gasteiger partial charge in [0.05, 0.1) is 24.0 Å². The highest BCUT2D eigenvalue weighted by Gasteiger charge is 2.28. The SMILES string of the molecule is CCNC(=NCCN(C)CC(F)(F)F)N(C)Cc1ccc(Cl)s1.I. The van der Waals surface area contributed by atoms with Crippen LogP contribution < -0.4 is 5.32 Å². The third kappa shape index (κ3) is 9.90. The molecule has 0 radical (unpaired) electrons. The van der Waals surface area contributed by atoms with Gasteiger partial charge in [0.25, 0.3) is 0 Å². The summed E-state index contributed by atoms with van der Waals surface area (Å²) in [4.78, 5) is 8.62. The van der Waals surface area contributed by atoms with Crippen LogP contribution in [0, 0.1) is 0 Å². The summed E-state index contributed by atoms with van der Waals surface area (Å²) in [6.45, 7) is 2.88. The minimum absolute atomic E-state index is 0. The number of thiophene rings is 1. The van der Waals surface area contributed by atoms with Crippen LogP contribution in [-0.4, -0.2) is 62.2 Å². The minimum atomic E-state index is -4.18. The summed E-state index contributed by atoms with van der Waals surface area (Å²) < 4.78 is 37.6. The van der Waals surface area contributed by atoms with Crippen molar-refractivity contribution in [2.45, 2.75) is 19.6 Å². The van der Waals surface area contributed by atoms with Crippen molar-refractivity contribution >= 4 is 52.9 Å². The first-order chi connectivity index (χ1) is 10.7. The normalized spacial score (nSPS) is 12.2. The van der Waals surface area contributed by atoms with Crippen molar-refractivity contribution in [3.63, 3.8) is 0 Å². The van der Waals surface area contributed by atoms with Crippen LogP contribution in [0.1, 0.15) is 11.8 Å². The van der Waals surface area contributed by atoms with Crippen LogP contribution in [0.5, 0.6) is 0 Å². The molecule has 24 heavy (non-hydrogen) atoms. The highest BCUT2D eigenvalue weighted by Crippen LogP contribution is 2.22. The summed E-state index contributed by atoms with van der Waals surface area (Å²) >= 11 is 7.41.